The fourth-order valence-corrected chi connectivity index (χ4v) is 1.65. The quantitative estimate of drug-likeness (QED) is 0.594. The van der Waals surface area contributed by atoms with Crippen LogP contribution in [0.5, 0.6) is 5.75 Å². The predicted octanol–water partition coefficient (Wildman–Crippen LogP) is 2.20. The second-order valence-electron chi connectivity index (χ2n) is 4.18. The molecule has 0 amide bonds. The van der Waals surface area contributed by atoms with Gasteiger partial charge < -0.3 is 9.47 Å². The minimum absolute atomic E-state index is 0.221. The van der Waals surface area contributed by atoms with Crippen molar-refractivity contribution in [1.29, 1.82) is 0 Å². The van der Waals surface area contributed by atoms with Gasteiger partial charge in [-0.2, -0.15) is 0 Å². The molecule has 0 radical (unpaired) electrons. The Kier molecular flexibility index (Phi) is 4.89. The van der Waals surface area contributed by atoms with Gasteiger partial charge in [-0.15, -0.1) is 0 Å². The SMILES string of the molecule is CCOC(=O)C(Oc1cc(C)cc(C)c1)C(C)=O. The molecule has 0 saturated heterocycles. The molecule has 0 heterocycles. The lowest BCUT2D eigenvalue weighted by Crippen LogP contribution is -2.35. The van der Waals surface area contributed by atoms with Crippen LogP contribution in [0.3, 0.4) is 0 Å². The molecule has 98 valence electrons. The van der Waals surface area contributed by atoms with Crippen LogP contribution in [0.4, 0.5) is 0 Å². The van der Waals surface area contributed by atoms with Crippen LogP contribution >= 0.6 is 0 Å². The summed E-state index contributed by atoms with van der Waals surface area (Å²) in [6.07, 6.45) is -1.19. The van der Waals surface area contributed by atoms with Crippen molar-refractivity contribution in [1.82, 2.24) is 0 Å². The first-order valence-electron chi connectivity index (χ1n) is 5.86. The molecular weight excluding hydrogens is 232 g/mol. The maximum absolute atomic E-state index is 11.6. The van der Waals surface area contributed by atoms with Gasteiger partial charge in [-0.3, -0.25) is 4.79 Å². The standard InChI is InChI=1S/C14H18O4/c1-5-17-14(16)13(11(4)15)18-12-7-9(2)6-10(3)8-12/h6-8,13H,5H2,1-4H3. The van der Waals surface area contributed by atoms with Crippen LogP contribution in [0.25, 0.3) is 0 Å². The van der Waals surface area contributed by atoms with Crippen molar-refractivity contribution < 1.29 is 19.1 Å². The summed E-state index contributed by atoms with van der Waals surface area (Å²) in [4.78, 5) is 23.0. The van der Waals surface area contributed by atoms with E-state index in [0.717, 1.165) is 11.1 Å². The first-order chi connectivity index (χ1) is 8.43. The van der Waals surface area contributed by atoms with E-state index in [-0.39, 0.29) is 12.4 Å². The smallest absolute Gasteiger partial charge is 0.355 e. The van der Waals surface area contributed by atoms with Crippen molar-refractivity contribution in [2.24, 2.45) is 0 Å². The number of hydrogen-bond donors (Lipinski definition) is 0. The van der Waals surface area contributed by atoms with E-state index in [1.807, 2.05) is 19.9 Å². The van der Waals surface area contributed by atoms with E-state index >= 15 is 0 Å². The van der Waals surface area contributed by atoms with Crippen molar-refractivity contribution in [3.8, 4) is 5.75 Å². The van der Waals surface area contributed by atoms with Crippen LogP contribution < -0.4 is 4.74 Å². The van der Waals surface area contributed by atoms with E-state index < -0.39 is 12.1 Å². The molecule has 4 heteroatoms. The van der Waals surface area contributed by atoms with Crippen molar-refractivity contribution in [3.63, 3.8) is 0 Å². The van der Waals surface area contributed by atoms with Gasteiger partial charge in [0.15, 0.2) is 5.78 Å². The van der Waals surface area contributed by atoms with Gasteiger partial charge in [0.2, 0.25) is 0 Å². The van der Waals surface area contributed by atoms with E-state index in [1.165, 1.54) is 6.92 Å². The zero-order chi connectivity index (χ0) is 13.7. The summed E-state index contributed by atoms with van der Waals surface area (Å²) in [6, 6.07) is 5.55. The summed E-state index contributed by atoms with van der Waals surface area (Å²) >= 11 is 0. The predicted molar refractivity (Wildman–Crippen MR) is 67.6 cm³/mol. The van der Waals surface area contributed by atoms with Crippen LogP contribution in [-0.2, 0) is 14.3 Å². The van der Waals surface area contributed by atoms with Crippen LogP contribution in [0, 0.1) is 13.8 Å². The molecule has 4 nitrogen and oxygen atoms in total. The van der Waals surface area contributed by atoms with Crippen LogP contribution in [0.2, 0.25) is 0 Å². The van der Waals surface area contributed by atoms with Gasteiger partial charge in [0.25, 0.3) is 6.10 Å². The molecular formula is C14H18O4. The van der Waals surface area contributed by atoms with Crippen LogP contribution in [-0.4, -0.2) is 24.5 Å². The van der Waals surface area contributed by atoms with Gasteiger partial charge in [0.05, 0.1) is 6.61 Å². The van der Waals surface area contributed by atoms with Crippen molar-refractivity contribution in [3.05, 3.63) is 29.3 Å². The molecule has 0 aliphatic heterocycles. The van der Waals surface area contributed by atoms with Gasteiger partial charge in [0, 0.05) is 0 Å². The van der Waals surface area contributed by atoms with Gasteiger partial charge >= 0.3 is 5.97 Å². The summed E-state index contributed by atoms with van der Waals surface area (Å²) in [5, 5.41) is 0. The highest BCUT2D eigenvalue weighted by molar-refractivity contribution is 6.01. The fraction of sp³-hybridized carbons (Fsp3) is 0.429. The molecule has 0 N–H and O–H groups in total. The minimum Gasteiger partial charge on any atom is -0.471 e. The number of carbonyl (C=O) groups excluding carboxylic acids is 2. The lowest BCUT2D eigenvalue weighted by Gasteiger charge is -2.15. The highest BCUT2D eigenvalue weighted by atomic mass is 16.6. The highest BCUT2D eigenvalue weighted by Crippen LogP contribution is 2.18. The van der Waals surface area contributed by atoms with Crippen molar-refractivity contribution in [2.45, 2.75) is 33.8 Å². The Labute approximate surface area is 107 Å². The number of carbonyl (C=O) groups is 2. The third-order valence-electron chi connectivity index (χ3n) is 2.32. The molecule has 0 saturated carbocycles. The molecule has 0 aliphatic rings. The Hall–Kier alpha value is -1.84. The van der Waals surface area contributed by atoms with Crippen molar-refractivity contribution in [2.75, 3.05) is 6.61 Å². The molecule has 1 atom stereocenters. The highest BCUT2D eigenvalue weighted by Gasteiger charge is 2.26. The Bertz CT molecular complexity index is 431. The van der Waals surface area contributed by atoms with Crippen LogP contribution in [0.15, 0.2) is 18.2 Å². The summed E-state index contributed by atoms with van der Waals surface area (Å²) in [6.45, 7) is 7.06. The largest absolute Gasteiger partial charge is 0.471 e. The third-order valence-corrected chi connectivity index (χ3v) is 2.32. The number of hydrogen-bond acceptors (Lipinski definition) is 4. The molecule has 0 bridgehead atoms. The van der Waals surface area contributed by atoms with Crippen molar-refractivity contribution >= 4 is 11.8 Å². The zero-order valence-electron chi connectivity index (χ0n) is 11.1. The fourth-order valence-electron chi connectivity index (χ4n) is 1.65. The van der Waals surface area contributed by atoms with E-state index in [9.17, 15) is 9.59 Å². The Balaban J connectivity index is 2.89. The number of rotatable bonds is 5. The first kappa shape index (κ1) is 14.2. The molecule has 0 spiro atoms. The number of aryl methyl sites for hydroxylation is 2. The molecule has 1 aromatic rings. The maximum Gasteiger partial charge on any atom is 0.355 e. The molecule has 1 aromatic carbocycles. The first-order valence-corrected chi connectivity index (χ1v) is 5.86. The number of ketones is 1. The monoisotopic (exact) mass is 250 g/mol. The van der Waals surface area contributed by atoms with Gasteiger partial charge in [-0.1, -0.05) is 6.07 Å². The second kappa shape index (κ2) is 6.19. The lowest BCUT2D eigenvalue weighted by molar-refractivity contribution is -0.154. The second-order valence-corrected chi connectivity index (χ2v) is 4.18. The number of Topliss-reactive ketones (excluding diaryl/α,β-unsaturated/α-hetero) is 1. The topological polar surface area (TPSA) is 52.6 Å². The van der Waals surface area contributed by atoms with Gasteiger partial charge in [0.1, 0.15) is 5.75 Å². The van der Waals surface area contributed by atoms with E-state index in [2.05, 4.69) is 0 Å². The summed E-state index contributed by atoms with van der Waals surface area (Å²) < 4.78 is 10.2. The van der Waals surface area contributed by atoms with Crippen LogP contribution in [0.1, 0.15) is 25.0 Å². The van der Waals surface area contributed by atoms with Gasteiger partial charge in [-0.25, -0.2) is 4.79 Å². The normalized spacial score (nSPS) is 11.8. The average molecular weight is 250 g/mol. The third kappa shape index (κ3) is 3.87. The Morgan fingerprint density at radius 1 is 1.17 bits per heavy atom. The summed E-state index contributed by atoms with van der Waals surface area (Å²) in [7, 11) is 0. The minimum atomic E-state index is -1.19. The molecule has 1 rings (SSSR count). The molecule has 18 heavy (non-hydrogen) atoms. The lowest BCUT2D eigenvalue weighted by atomic mass is 10.1. The maximum atomic E-state index is 11.6. The molecule has 0 aliphatic carbocycles. The van der Waals surface area contributed by atoms with E-state index in [4.69, 9.17) is 9.47 Å². The Morgan fingerprint density at radius 2 is 1.72 bits per heavy atom. The van der Waals surface area contributed by atoms with Gasteiger partial charge in [-0.05, 0) is 51.0 Å². The average Bonchev–Trinajstić information content (AvgIpc) is 2.24. The summed E-state index contributed by atoms with van der Waals surface area (Å²) in [5.74, 6) is -0.516. The molecule has 1 unspecified atom stereocenters. The summed E-state index contributed by atoms with van der Waals surface area (Å²) in [5.41, 5.74) is 2.02. The van der Waals surface area contributed by atoms with E-state index in [0.29, 0.717) is 5.75 Å². The zero-order valence-corrected chi connectivity index (χ0v) is 11.1. The molecule has 0 aromatic heterocycles. The molecule has 0 fully saturated rings. The Morgan fingerprint density at radius 3 is 2.17 bits per heavy atom. The van der Waals surface area contributed by atoms with E-state index in [1.54, 1.807) is 19.1 Å². The number of esters is 1. The number of ether oxygens (including phenoxy) is 2. The number of benzene rings is 1.